The number of hydrogen-bond donors (Lipinski definition) is 1. The average Bonchev–Trinajstić information content (AvgIpc) is 2.75. The van der Waals surface area contributed by atoms with Crippen LogP contribution < -0.4 is 0 Å². The standard InChI is InChI=1S/C15H18N2/c1-2-3-7-14-15-12(9-10-16-14)11-6-4-5-8-13(11)17-15/h4-6,8,17H,2-3,7,9-10H2,1H3. The summed E-state index contributed by atoms with van der Waals surface area (Å²) in [5, 5.41) is 1.38. The van der Waals surface area contributed by atoms with E-state index in [-0.39, 0.29) is 0 Å². The third-order valence-corrected chi connectivity index (χ3v) is 3.53. The summed E-state index contributed by atoms with van der Waals surface area (Å²) >= 11 is 0. The van der Waals surface area contributed by atoms with E-state index in [1.54, 1.807) is 0 Å². The van der Waals surface area contributed by atoms with E-state index in [0.717, 1.165) is 19.4 Å². The lowest BCUT2D eigenvalue weighted by Crippen LogP contribution is -2.12. The summed E-state index contributed by atoms with van der Waals surface area (Å²) in [5.41, 5.74) is 5.31. The van der Waals surface area contributed by atoms with Crippen molar-refractivity contribution in [1.82, 2.24) is 4.98 Å². The van der Waals surface area contributed by atoms with Crippen LogP contribution in [0.5, 0.6) is 0 Å². The van der Waals surface area contributed by atoms with Crippen molar-refractivity contribution < 1.29 is 0 Å². The fourth-order valence-electron chi connectivity index (χ4n) is 2.64. The molecule has 1 aliphatic rings. The van der Waals surface area contributed by atoms with E-state index in [1.165, 1.54) is 40.7 Å². The van der Waals surface area contributed by atoms with Gasteiger partial charge in [-0.1, -0.05) is 31.5 Å². The SMILES string of the molecule is CCCCC1=NCCc2c1[nH]c1ccccc21. The number of H-pyrrole nitrogens is 1. The number of aliphatic imine (C=N–C) groups is 1. The maximum absolute atomic E-state index is 4.69. The minimum absolute atomic E-state index is 0.952. The van der Waals surface area contributed by atoms with Crippen molar-refractivity contribution in [3.63, 3.8) is 0 Å². The highest BCUT2D eigenvalue weighted by Gasteiger charge is 2.18. The Morgan fingerprint density at radius 3 is 3.06 bits per heavy atom. The lowest BCUT2D eigenvalue weighted by atomic mass is 9.99. The number of aromatic nitrogens is 1. The Morgan fingerprint density at radius 1 is 1.29 bits per heavy atom. The van der Waals surface area contributed by atoms with E-state index in [9.17, 15) is 0 Å². The highest BCUT2D eigenvalue weighted by molar-refractivity contribution is 6.06. The van der Waals surface area contributed by atoms with Crippen LogP contribution in [0.4, 0.5) is 0 Å². The minimum atomic E-state index is 0.952. The molecule has 0 fully saturated rings. The topological polar surface area (TPSA) is 28.1 Å². The molecule has 0 spiro atoms. The van der Waals surface area contributed by atoms with E-state index in [1.807, 2.05) is 0 Å². The van der Waals surface area contributed by atoms with Crippen molar-refractivity contribution in [2.45, 2.75) is 32.6 Å². The van der Waals surface area contributed by atoms with Gasteiger partial charge in [0, 0.05) is 17.4 Å². The molecule has 0 atom stereocenters. The minimum Gasteiger partial charge on any atom is -0.353 e. The van der Waals surface area contributed by atoms with Crippen LogP contribution in [0.15, 0.2) is 29.3 Å². The number of nitrogens with zero attached hydrogens (tertiary/aromatic N) is 1. The van der Waals surface area contributed by atoms with Crippen molar-refractivity contribution in [1.29, 1.82) is 0 Å². The zero-order valence-corrected chi connectivity index (χ0v) is 10.3. The number of para-hydroxylation sites is 1. The predicted octanol–water partition coefficient (Wildman–Crippen LogP) is 3.70. The summed E-state index contributed by atoms with van der Waals surface area (Å²) in [6.07, 6.45) is 4.65. The summed E-state index contributed by atoms with van der Waals surface area (Å²) in [4.78, 5) is 8.23. The number of aromatic amines is 1. The van der Waals surface area contributed by atoms with Gasteiger partial charge in [0.15, 0.2) is 0 Å². The largest absolute Gasteiger partial charge is 0.353 e. The molecule has 0 bridgehead atoms. The second kappa shape index (κ2) is 4.36. The van der Waals surface area contributed by atoms with Gasteiger partial charge in [0.2, 0.25) is 0 Å². The first kappa shape index (κ1) is 10.6. The second-order valence-corrected chi connectivity index (χ2v) is 4.71. The fraction of sp³-hybridized carbons (Fsp3) is 0.400. The molecule has 1 aromatic heterocycles. The molecule has 0 saturated carbocycles. The van der Waals surface area contributed by atoms with Crippen LogP contribution >= 0.6 is 0 Å². The number of fused-ring (bicyclic) bond motifs is 3. The molecule has 17 heavy (non-hydrogen) atoms. The summed E-state index contributed by atoms with van der Waals surface area (Å²) < 4.78 is 0. The number of benzene rings is 1. The van der Waals surface area contributed by atoms with Gasteiger partial charge in [-0.15, -0.1) is 0 Å². The van der Waals surface area contributed by atoms with Crippen LogP contribution in [-0.2, 0) is 6.42 Å². The number of rotatable bonds is 3. The van der Waals surface area contributed by atoms with Gasteiger partial charge >= 0.3 is 0 Å². The molecule has 2 heterocycles. The zero-order valence-electron chi connectivity index (χ0n) is 10.3. The second-order valence-electron chi connectivity index (χ2n) is 4.71. The van der Waals surface area contributed by atoms with Crippen molar-refractivity contribution in [2.75, 3.05) is 6.54 Å². The fourth-order valence-corrected chi connectivity index (χ4v) is 2.64. The maximum atomic E-state index is 4.69. The van der Waals surface area contributed by atoms with Crippen LogP contribution in [0.1, 0.15) is 37.4 Å². The van der Waals surface area contributed by atoms with Crippen molar-refractivity contribution in [3.8, 4) is 0 Å². The quantitative estimate of drug-likeness (QED) is 0.826. The predicted molar refractivity (Wildman–Crippen MR) is 72.9 cm³/mol. The Labute approximate surface area is 102 Å². The molecule has 1 aliphatic heterocycles. The van der Waals surface area contributed by atoms with Gasteiger partial charge in [0.25, 0.3) is 0 Å². The van der Waals surface area contributed by atoms with Crippen LogP contribution in [0.25, 0.3) is 10.9 Å². The van der Waals surface area contributed by atoms with Crippen molar-refractivity contribution in [3.05, 3.63) is 35.5 Å². The third kappa shape index (κ3) is 1.78. The number of nitrogens with one attached hydrogen (secondary N) is 1. The van der Waals surface area contributed by atoms with Gasteiger partial charge in [0.05, 0.1) is 11.4 Å². The summed E-state index contributed by atoms with van der Waals surface area (Å²) in [6, 6.07) is 8.58. The molecule has 0 amide bonds. The average molecular weight is 226 g/mol. The molecule has 3 rings (SSSR count). The summed E-state index contributed by atoms with van der Waals surface area (Å²) in [7, 11) is 0. The molecule has 0 aliphatic carbocycles. The molecule has 88 valence electrons. The Morgan fingerprint density at radius 2 is 2.18 bits per heavy atom. The Kier molecular flexibility index (Phi) is 2.71. The van der Waals surface area contributed by atoms with Gasteiger partial charge in [-0.2, -0.15) is 0 Å². The molecule has 2 heteroatoms. The van der Waals surface area contributed by atoms with Gasteiger partial charge in [0.1, 0.15) is 0 Å². The lowest BCUT2D eigenvalue weighted by molar-refractivity contribution is 0.820. The van der Waals surface area contributed by atoms with E-state index in [4.69, 9.17) is 0 Å². The van der Waals surface area contributed by atoms with Crippen molar-refractivity contribution in [2.24, 2.45) is 4.99 Å². The van der Waals surface area contributed by atoms with Gasteiger partial charge in [-0.3, -0.25) is 4.99 Å². The first-order valence-electron chi connectivity index (χ1n) is 6.53. The molecule has 2 aromatic rings. The van der Waals surface area contributed by atoms with Crippen LogP contribution in [0, 0.1) is 0 Å². The highest BCUT2D eigenvalue weighted by Crippen LogP contribution is 2.27. The molecule has 1 N–H and O–H groups in total. The first-order chi connectivity index (χ1) is 8.40. The van der Waals surface area contributed by atoms with Gasteiger partial charge in [-0.05, 0) is 30.9 Å². The first-order valence-corrected chi connectivity index (χ1v) is 6.53. The van der Waals surface area contributed by atoms with Gasteiger partial charge < -0.3 is 4.98 Å². The van der Waals surface area contributed by atoms with E-state index in [2.05, 4.69) is 41.2 Å². The number of unbranched alkanes of at least 4 members (excludes halogenated alkanes) is 1. The molecule has 0 unspecified atom stereocenters. The maximum Gasteiger partial charge on any atom is 0.0638 e. The third-order valence-electron chi connectivity index (χ3n) is 3.53. The lowest BCUT2D eigenvalue weighted by Gasteiger charge is -2.12. The molecule has 0 radical (unpaired) electrons. The highest BCUT2D eigenvalue weighted by atomic mass is 14.8. The van der Waals surface area contributed by atoms with E-state index < -0.39 is 0 Å². The number of hydrogen-bond acceptors (Lipinski definition) is 1. The Hall–Kier alpha value is -1.57. The molecule has 2 nitrogen and oxygen atoms in total. The van der Waals surface area contributed by atoms with E-state index >= 15 is 0 Å². The van der Waals surface area contributed by atoms with Crippen LogP contribution in [0.3, 0.4) is 0 Å². The Bertz CT molecular complexity index is 563. The molecular formula is C15H18N2. The monoisotopic (exact) mass is 226 g/mol. The smallest absolute Gasteiger partial charge is 0.0638 e. The van der Waals surface area contributed by atoms with Crippen molar-refractivity contribution >= 4 is 16.6 Å². The van der Waals surface area contributed by atoms with E-state index in [0.29, 0.717) is 0 Å². The van der Waals surface area contributed by atoms with Gasteiger partial charge in [-0.25, -0.2) is 0 Å². The molecular weight excluding hydrogens is 208 g/mol. The summed E-state index contributed by atoms with van der Waals surface area (Å²) in [6.45, 7) is 3.18. The zero-order chi connectivity index (χ0) is 11.7. The van der Waals surface area contributed by atoms with Crippen LogP contribution in [-0.4, -0.2) is 17.2 Å². The molecule has 0 saturated heterocycles. The molecule has 1 aromatic carbocycles. The Balaban J connectivity index is 2.07. The van der Waals surface area contributed by atoms with Crippen LogP contribution in [0.2, 0.25) is 0 Å². The summed E-state index contributed by atoms with van der Waals surface area (Å²) in [5.74, 6) is 0. The normalized spacial score (nSPS) is 14.8.